The summed E-state index contributed by atoms with van der Waals surface area (Å²) in [6.07, 6.45) is 11.4. The van der Waals surface area contributed by atoms with Crippen LogP contribution in [0.2, 0.25) is 0 Å². The minimum Gasteiger partial charge on any atom is -0.0798 e. The first-order valence-corrected chi connectivity index (χ1v) is 6.78. The maximum absolute atomic E-state index is 2.36. The lowest BCUT2D eigenvalue weighted by molar-refractivity contribution is 0.399. The van der Waals surface area contributed by atoms with Gasteiger partial charge in [0, 0.05) is 5.92 Å². The lowest BCUT2D eigenvalue weighted by atomic mass is 9.77. The highest BCUT2D eigenvalue weighted by Gasteiger charge is 2.22. The monoisotopic (exact) mass is 246 g/mol. The molecule has 0 nitrogen and oxygen atoms in total. The van der Waals surface area contributed by atoms with Crippen molar-refractivity contribution < 1.29 is 0 Å². The standard InChI is InChI=1S/C18H30/c1-14(2)10-9-11-18(7,8)17(12-15(3)4)13-16(5)6/h9-13,17H,1-8H3. The fourth-order valence-electron chi connectivity index (χ4n) is 1.80. The molecular weight excluding hydrogens is 216 g/mol. The molecule has 0 heteroatoms. The highest BCUT2D eigenvalue weighted by atomic mass is 14.3. The third-order valence-corrected chi connectivity index (χ3v) is 2.84. The fourth-order valence-corrected chi connectivity index (χ4v) is 1.80. The predicted molar refractivity (Wildman–Crippen MR) is 84.7 cm³/mol. The normalized spacial score (nSPS) is 11.6. The zero-order chi connectivity index (χ0) is 14.3. The van der Waals surface area contributed by atoms with Crippen LogP contribution in [0.1, 0.15) is 55.4 Å². The number of hydrogen-bond donors (Lipinski definition) is 0. The smallest absolute Gasteiger partial charge is 0.00374 e. The van der Waals surface area contributed by atoms with Crippen LogP contribution >= 0.6 is 0 Å². The third kappa shape index (κ3) is 7.32. The van der Waals surface area contributed by atoms with Gasteiger partial charge in [-0.05, 0) is 47.0 Å². The van der Waals surface area contributed by atoms with Gasteiger partial charge in [0.1, 0.15) is 0 Å². The van der Waals surface area contributed by atoms with Crippen molar-refractivity contribution in [3.05, 3.63) is 47.1 Å². The minimum atomic E-state index is 0.139. The van der Waals surface area contributed by atoms with Gasteiger partial charge >= 0.3 is 0 Å². The summed E-state index contributed by atoms with van der Waals surface area (Å²) in [5.74, 6) is 0.453. The molecule has 0 aromatic heterocycles. The van der Waals surface area contributed by atoms with E-state index in [9.17, 15) is 0 Å². The van der Waals surface area contributed by atoms with Crippen molar-refractivity contribution >= 4 is 0 Å². The molecule has 0 aliphatic carbocycles. The molecule has 0 atom stereocenters. The molecule has 0 fully saturated rings. The molecule has 0 spiro atoms. The molecule has 0 aliphatic rings. The van der Waals surface area contributed by atoms with E-state index in [4.69, 9.17) is 0 Å². The molecular formula is C18H30. The van der Waals surface area contributed by atoms with Crippen molar-refractivity contribution in [2.24, 2.45) is 11.3 Å². The molecule has 0 aromatic rings. The molecule has 0 saturated carbocycles. The van der Waals surface area contributed by atoms with E-state index in [-0.39, 0.29) is 5.41 Å². The number of hydrogen-bond acceptors (Lipinski definition) is 0. The van der Waals surface area contributed by atoms with Crippen LogP contribution in [-0.2, 0) is 0 Å². The quantitative estimate of drug-likeness (QED) is 0.407. The molecule has 0 radical (unpaired) electrons. The molecule has 0 aromatic carbocycles. The SMILES string of the molecule is CC(C)=CC=CC(C)(C)C(C=C(C)C)C=C(C)C. The zero-order valence-corrected chi connectivity index (χ0v) is 13.5. The molecule has 0 amide bonds. The lowest BCUT2D eigenvalue weighted by Gasteiger charge is -2.28. The van der Waals surface area contributed by atoms with E-state index in [2.05, 4.69) is 85.8 Å². The Morgan fingerprint density at radius 3 is 1.56 bits per heavy atom. The maximum atomic E-state index is 2.36. The highest BCUT2D eigenvalue weighted by Crippen LogP contribution is 2.32. The second-order valence-electron chi connectivity index (χ2n) is 6.44. The third-order valence-electron chi connectivity index (χ3n) is 2.84. The molecule has 0 unspecified atom stereocenters. The van der Waals surface area contributed by atoms with Gasteiger partial charge < -0.3 is 0 Å². The summed E-state index contributed by atoms with van der Waals surface area (Å²) >= 11 is 0. The van der Waals surface area contributed by atoms with Gasteiger partial charge in [-0.1, -0.05) is 60.9 Å². The Labute approximate surface area is 114 Å². The Balaban J connectivity index is 5.21. The Bertz CT molecular complexity index is 343. The first-order valence-electron chi connectivity index (χ1n) is 6.78. The van der Waals surface area contributed by atoms with Crippen LogP contribution < -0.4 is 0 Å². The summed E-state index contributed by atoms with van der Waals surface area (Å²) in [4.78, 5) is 0. The molecule has 0 bridgehead atoms. The Morgan fingerprint density at radius 1 is 0.778 bits per heavy atom. The van der Waals surface area contributed by atoms with E-state index in [1.807, 2.05) is 0 Å². The first-order chi connectivity index (χ1) is 8.15. The summed E-state index contributed by atoms with van der Waals surface area (Å²) < 4.78 is 0. The van der Waals surface area contributed by atoms with Crippen LogP contribution in [0.15, 0.2) is 47.1 Å². The van der Waals surface area contributed by atoms with Crippen molar-refractivity contribution in [3.63, 3.8) is 0 Å². The Hall–Kier alpha value is -1.04. The van der Waals surface area contributed by atoms with E-state index in [1.54, 1.807) is 0 Å². The number of rotatable bonds is 5. The summed E-state index contributed by atoms with van der Waals surface area (Å²) in [5.41, 5.74) is 4.23. The summed E-state index contributed by atoms with van der Waals surface area (Å²) in [5, 5.41) is 0. The van der Waals surface area contributed by atoms with Crippen LogP contribution in [0, 0.1) is 11.3 Å². The first kappa shape index (κ1) is 17.0. The molecule has 0 rings (SSSR count). The average Bonchev–Trinajstić information content (AvgIpc) is 2.13. The van der Waals surface area contributed by atoms with Gasteiger partial charge in [-0.3, -0.25) is 0 Å². The van der Waals surface area contributed by atoms with Crippen molar-refractivity contribution in [2.45, 2.75) is 55.4 Å². The average molecular weight is 246 g/mol. The Kier molecular flexibility index (Phi) is 6.98. The topological polar surface area (TPSA) is 0 Å². The maximum Gasteiger partial charge on any atom is 0.00374 e. The van der Waals surface area contributed by atoms with Gasteiger partial charge in [0.25, 0.3) is 0 Å². The van der Waals surface area contributed by atoms with Gasteiger partial charge in [-0.2, -0.15) is 0 Å². The van der Waals surface area contributed by atoms with Crippen LogP contribution in [0.3, 0.4) is 0 Å². The molecule has 102 valence electrons. The number of allylic oxidation sites excluding steroid dienone is 8. The van der Waals surface area contributed by atoms with Crippen LogP contribution in [0.25, 0.3) is 0 Å². The molecule has 0 aliphatic heterocycles. The van der Waals surface area contributed by atoms with Gasteiger partial charge in [0.05, 0.1) is 0 Å². The predicted octanol–water partition coefficient (Wildman–Crippen LogP) is 6.08. The van der Waals surface area contributed by atoms with Gasteiger partial charge in [-0.15, -0.1) is 0 Å². The lowest BCUT2D eigenvalue weighted by Crippen LogP contribution is -2.18. The second-order valence-corrected chi connectivity index (χ2v) is 6.44. The van der Waals surface area contributed by atoms with E-state index >= 15 is 0 Å². The van der Waals surface area contributed by atoms with Crippen molar-refractivity contribution in [1.82, 2.24) is 0 Å². The highest BCUT2D eigenvalue weighted by molar-refractivity contribution is 5.19. The van der Waals surface area contributed by atoms with Crippen LogP contribution in [0.4, 0.5) is 0 Å². The second kappa shape index (κ2) is 7.41. The zero-order valence-electron chi connectivity index (χ0n) is 13.5. The minimum absolute atomic E-state index is 0.139. The molecule has 0 N–H and O–H groups in total. The largest absolute Gasteiger partial charge is 0.0798 e. The van der Waals surface area contributed by atoms with Crippen molar-refractivity contribution in [3.8, 4) is 0 Å². The Morgan fingerprint density at radius 2 is 1.22 bits per heavy atom. The van der Waals surface area contributed by atoms with E-state index < -0.39 is 0 Å². The summed E-state index contributed by atoms with van der Waals surface area (Å²) in [7, 11) is 0. The fraction of sp³-hybridized carbons (Fsp3) is 0.556. The molecule has 0 heterocycles. The van der Waals surface area contributed by atoms with Crippen LogP contribution in [-0.4, -0.2) is 0 Å². The van der Waals surface area contributed by atoms with Gasteiger partial charge in [0.15, 0.2) is 0 Å². The van der Waals surface area contributed by atoms with Crippen molar-refractivity contribution in [1.29, 1.82) is 0 Å². The van der Waals surface area contributed by atoms with Crippen LogP contribution in [0.5, 0.6) is 0 Å². The molecule has 0 saturated heterocycles. The van der Waals surface area contributed by atoms with E-state index in [1.165, 1.54) is 16.7 Å². The molecule has 18 heavy (non-hydrogen) atoms. The summed E-state index contributed by atoms with van der Waals surface area (Å²) in [6.45, 7) is 17.5. The van der Waals surface area contributed by atoms with E-state index in [0.29, 0.717) is 5.92 Å². The van der Waals surface area contributed by atoms with E-state index in [0.717, 1.165) is 0 Å². The van der Waals surface area contributed by atoms with Gasteiger partial charge in [0.2, 0.25) is 0 Å². The van der Waals surface area contributed by atoms with Gasteiger partial charge in [-0.25, -0.2) is 0 Å². The summed E-state index contributed by atoms with van der Waals surface area (Å²) in [6, 6.07) is 0. The van der Waals surface area contributed by atoms with Crippen molar-refractivity contribution in [2.75, 3.05) is 0 Å².